The predicted molar refractivity (Wildman–Crippen MR) is 141 cm³/mol. The molecule has 0 radical (unpaired) electrons. The lowest BCUT2D eigenvalue weighted by molar-refractivity contribution is 0.110. The Bertz CT molecular complexity index is 1170. The molecule has 1 N–H and O–H groups in total. The van der Waals surface area contributed by atoms with E-state index in [9.17, 15) is 4.79 Å². The normalized spacial score (nSPS) is 16.8. The van der Waals surface area contributed by atoms with Crippen LogP contribution < -0.4 is 10.2 Å². The fourth-order valence-electron chi connectivity index (χ4n) is 5.02. The van der Waals surface area contributed by atoms with Crippen molar-refractivity contribution in [2.75, 3.05) is 43.0 Å². The Morgan fingerprint density at radius 1 is 1.00 bits per heavy atom. The maximum Gasteiger partial charge on any atom is 0.410 e. The van der Waals surface area contributed by atoms with Crippen LogP contribution in [0.15, 0.2) is 61.4 Å². The summed E-state index contributed by atoms with van der Waals surface area (Å²) in [7, 11) is 0. The number of fused-ring (bicyclic) bond motifs is 1. The molecule has 7 nitrogen and oxygen atoms in total. The number of nitrogens with zero attached hydrogens (tertiary/aromatic N) is 4. The second kappa shape index (κ2) is 10.8. The van der Waals surface area contributed by atoms with E-state index in [4.69, 9.17) is 4.74 Å². The second-order valence-electron chi connectivity index (χ2n) is 9.32. The molecule has 2 fully saturated rings. The molecule has 0 atom stereocenters. The number of benzene rings is 2. The van der Waals surface area contributed by atoms with Crippen LogP contribution in [-0.2, 0) is 4.74 Å². The van der Waals surface area contributed by atoms with E-state index in [1.807, 2.05) is 0 Å². The first-order chi connectivity index (χ1) is 17.2. The number of piperazine rings is 1. The minimum atomic E-state index is -0.266. The van der Waals surface area contributed by atoms with Crippen LogP contribution in [0.2, 0.25) is 0 Å². The summed E-state index contributed by atoms with van der Waals surface area (Å²) in [4.78, 5) is 25.2. The Hall–Kier alpha value is -3.61. The van der Waals surface area contributed by atoms with E-state index in [1.165, 1.54) is 32.1 Å². The third kappa shape index (κ3) is 5.39. The van der Waals surface area contributed by atoms with Crippen molar-refractivity contribution < 1.29 is 9.53 Å². The van der Waals surface area contributed by atoms with E-state index in [2.05, 4.69) is 69.2 Å². The molecule has 0 spiro atoms. The minimum absolute atomic E-state index is 0.250. The lowest BCUT2D eigenvalue weighted by atomic mass is 9.95. The Labute approximate surface area is 206 Å². The molecule has 1 saturated heterocycles. The van der Waals surface area contributed by atoms with Gasteiger partial charge in [0.2, 0.25) is 0 Å². The van der Waals surface area contributed by atoms with Gasteiger partial charge in [-0.1, -0.05) is 50.1 Å². The highest BCUT2D eigenvalue weighted by atomic mass is 16.6. The topological polar surface area (TPSA) is 70.6 Å². The third-order valence-electron chi connectivity index (χ3n) is 7.01. The number of carbonyl (C=O) groups is 1. The summed E-state index contributed by atoms with van der Waals surface area (Å²) in [5.41, 5.74) is 4.44. The van der Waals surface area contributed by atoms with Crippen molar-refractivity contribution >= 4 is 28.5 Å². The number of anilines is 2. The Balaban J connectivity index is 1.28. The van der Waals surface area contributed by atoms with Gasteiger partial charge in [0.1, 0.15) is 18.8 Å². The molecule has 35 heavy (non-hydrogen) atoms. The molecule has 2 heterocycles. The highest BCUT2D eigenvalue weighted by Gasteiger charge is 2.22. The molecule has 182 valence electrons. The van der Waals surface area contributed by atoms with Crippen LogP contribution in [0.25, 0.3) is 22.0 Å². The Morgan fingerprint density at radius 3 is 2.49 bits per heavy atom. The van der Waals surface area contributed by atoms with Crippen LogP contribution in [0, 0.1) is 0 Å². The predicted octanol–water partition coefficient (Wildman–Crippen LogP) is 5.49. The van der Waals surface area contributed by atoms with Gasteiger partial charge < -0.3 is 19.9 Å². The van der Waals surface area contributed by atoms with Gasteiger partial charge in [0, 0.05) is 43.3 Å². The molecule has 0 unspecified atom stereocenters. The maximum atomic E-state index is 12.1. The quantitative estimate of drug-likeness (QED) is 0.480. The summed E-state index contributed by atoms with van der Waals surface area (Å²) in [5, 5.41) is 4.75. The molecule has 1 saturated carbocycles. The van der Waals surface area contributed by atoms with Crippen LogP contribution in [0.5, 0.6) is 0 Å². The van der Waals surface area contributed by atoms with Crippen molar-refractivity contribution in [1.29, 1.82) is 0 Å². The molecule has 3 aromatic rings. The lowest BCUT2D eigenvalue weighted by Crippen LogP contribution is -2.49. The largest absolute Gasteiger partial charge is 0.445 e. The van der Waals surface area contributed by atoms with Gasteiger partial charge in [-0.15, -0.1) is 0 Å². The first-order valence-electron chi connectivity index (χ1n) is 12.6. The first-order valence-corrected chi connectivity index (χ1v) is 12.6. The van der Waals surface area contributed by atoms with E-state index in [0.29, 0.717) is 19.1 Å². The number of nitrogens with one attached hydrogen (secondary N) is 1. The zero-order valence-corrected chi connectivity index (χ0v) is 20.2. The molecule has 7 heteroatoms. The van der Waals surface area contributed by atoms with Crippen molar-refractivity contribution in [1.82, 2.24) is 14.9 Å². The van der Waals surface area contributed by atoms with Gasteiger partial charge in [0.15, 0.2) is 0 Å². The molecule has 5 rings (SSSR count). The van der Waals surface area contributed by atoms with Gasteiger partial charge >= 0.3 is 6.09 Å². The van der Waals surface area contributed by atoms with Crippen molar-refractivity contribution in [3.05, 3.63) is 61.4 Å². The van der Waals surface area contributed by atoms with Gasteiger partial charge in [-0.3, -0.25) is 0 Å². The summed E-state index contributed by atoms with van der Waals surface area (Å²) in [5.74, 6) is 0.935. The zero-order valence-electron chi connectivity index (χ0n) is 20.2. The molecule has 2 aliphatic rings. The fourth-order valence-corrected chi connectivity index (χ4v) is 5.02. The van der Waals surface area contributed by atoms with Crippen LogP contribution in [0.1, 0.15) is 32.1 Å². The first kappa shape index (κ1) is 23.1. The van der Waals surface area contributed by atoms with Crippen molar-refractivity contribution in [2.45, 2.75) is 38.1 Å². The van der Waals surface area contributed by atoms with Crippen molar-refractivity contribution in [2.24, 2.45) is 0 Å². The minimum Gasteiger partial charge on any atom is -0.445 e. The number of hydrogen-bond donors (Lipinski definition) is 1. The smallest absolute Gasteiger partial charge is 0.410 e. The maximum absolute atomic E-state index is 12.1. The Morgan fingerprint density at radius 2 is 1.74 bits per heavy atom. The molecule has 1 aliphatic heterocycles. The molecule has 2 aromatic carbocycles. The molecular formula is C28H33N5O2. The van der Waals surface area contributed by atoms with E-state index in [0.717, 1.165) is 46.6 Å². The molecule has 1 aliphatic carbocycles. The fraction of sp³-hybridized carbons (Fsp3) is 0.393. The summed E-state index contributed by atoms with van der Waals surface area (Å²) in [6, 6.07) is 15.6. The van der Waals surface area contributed by atoms with E-state index in [1.54, 1.807) is 17.3 Å². The number of ether oxygens (including phenoxy) is 1. The molecular weight excluding hydrogens is 438 g/mol. The molecule has 1 amide bonds. The lowest BCUT2D eigenvalue weighted by Gasteiger charge is -2.35. The average Bonchev–Trinajstić information content (AvgIpc) is 2.92. The molecule has 0 bridgehead atoms. The number of carbonyl (C=O) groups excluding carboxylic acids is 1. The third-order valence-corrected chi connectivity index (χ3v) is 7.01. The van der Waals surface area contributed by atoms with Crippen LogP contribution in [0.4, 0.5) is 16.3 Å². The monoisotopic (exact) mass is 471 g/mol. The second-order valence-corrected chi connectivity index (χ2v) is 9.32. The molecule has 1 aromatic heterocycles. The van der Waals surface area contributed by atoms with Crippen molar-refractivity contribution in [3.63, 3.8) is 0 Å². The van der Waals surface area contributed by atoms with Gasteiger partial charge in [-0.05, 0) is 48.2 Å². The standard InChI is InChI=1S/C28H33N5O2/c1-2-18-35-28(34)33-16-14-32(15-17-33)24-11-8-21(9-12-24)22-10-13-26-25(19-22)27(30-20-29-26)31-23-6-4-3-5-7-23/h2,8-13,19-20,23H,1,3-7,14-18H2,(H,29,30,31). The average molecular weight is 472 g/mol. The van der Waals surface area contributed by atoms with E-state index >= 15 is 0 Å². The number of rotatable bonds is 6. The van der Waals surface area contributed by atoms with E-state index in [-0.39, 0.29) is 12.7 Å². The summed E-state index contributed by atoms with van der Waals surface area (Å²) < 4.78 is 5.15. The van der Waals surface area contributed by atoms with Crippen LogP contribution in [-0.4, -0.2) is 59.8 Å². The van der Waals surface area contributed by atoms with Gasteiger partial charge in [-0.2, -0.15) is 0 Å². The summed E-state index contributed by atoms with van der Waals surface area (Å²) in [6.45, 7) is 6.71. The van der Waals surface area contributed by atoms with Gasteiger partial charge in [-0.25, -0.2) is 14.8 Å². The number of hydrogen-bond acceptors (Lipinski definition) is 6. The van der Waals surface area contributed by atoms with Crippen LogP contribution >= 0.6 is 0 Å². The number of amides is 1. The summed E-state index contributed by atoms with van der Waals surface area (Å²) in [6.07, 6.45) is 9.29. The number of aromatic nitrogens is 2. The van der Waals surface area contributed by atoms with Gasteiger partial charge in [0.25, 0.3) is 0 Å². The van der Waals surface area contributed by atoms with Crippen molar-refractivity contribution in [3.8, 4) is 11.1 Å². The zero-order chi connectivity index (χ0) is 24.0. The highest BCUT2D eigenvalue weighted by Crippen LogP contribution is 2.30. The SMILES string of the molecule is C=CCOC(=O)N1CCN(c2ccc(-c3ccc4ncnc(NC5CCCCC5)c4c3)cc2)CC1. The van der Waals surface area contributed by atoms with Gasteiger partial charge in [0.05, 0.1) is 5.52 Å². The van der Waals surface area contributed by atoms with E-state index < -0.39 is 0 Å². The van der Waals surface area contributed by atoms with Crippen LogP contribution in [0.3, 0.4) is 0 Å². The summed E-state index contributed by atoms with van der Waals surface area (Å²) >= 11 is 0. The Kier molecular flexibility index (Phi) is 7.12. The highest BCUT2D eigenvalue weighted by molar-refractivity contribution is 5.92.